The molecule has 2 atom stereocenters. The molecule has 3 N–H and O–H groups in total. The predicted octanol–water partition coefficient (Wildman–Crippen LogP) is 1.74. The lowest BCUT2D eigenvalue weighted by Crippen LogP contribution is -2.32. The van der Waals surface area contributed by atoms with E-state index >= 15 is 0 Å². The zero-order chi connectivity index (χ0) is 12.5. The number of sulfonamides is 1. The molecule has 0 spiro atoms. The number of nitrogens with one attached hydrogen (secondary N) is 1. The highest BCUT2D eigenvalue weighted by molar-refractivity contribution is 7.89. The number of nitrogen functional groups attached to an aromatic ring is 1. The minimum Gasteiger partial charge on any atom is -0.399 e. The lowest BCUT2D eigenvalue weighted by atomic mass is 10.1. The van der Waals surface area contributed by atoms with Crippen molar-refractivity contribution in [1.82, 2.24) is 4.72 Å². The Bertz CT molecular complexity index is 482. The summed E-state index contributed by atoms with van der Waals surface area (Å²) in [4.78, 5) is 0.284. The summed E-state index contributed by atoms with van der Waals surface area (Å²) in [5.41, 5.74) is 6.10. The van der Waals surface area contributed by atoms with Gasteiger partial charge in [-0.1, -0.05) is 6.92 Å². The Kier molecular flexibility index (Phi) is 3.40. The van der Waals surface area contributed by atoms with Gasteiger partial charge in [0.2, 0.25) is 10.0 Å². The summed E-state index contributed by atoms with van der Waals surface area (Å²) in [5.74, 6) is 0.606. The van der Waals surface area contributed by atoms with Crippen molar-refractivity contribution >= 4 is 15.7 Å². The molecular weight excluding hydrogens is 236 g/mol. The molecule has 1 aliphatic carbocycles. The van der Waals surface area contributed by atoms with Gasteiger partial charge in [0.15, 0.2) is 0 Å². The van der Waals surface area contributed by atoms with E-state index in [2.05, 4.69) is 11.6 Å². The average molecular weight is 254 g/mol. The van der Waals surface area contributed by atoms with Gasteiger partial charge in [0, 0.05) is 11.7 Å². The molecule has 17 heavy (non-hydrogen) atoms. The molecule has 0 aliphatic heterocycles. The molecule has 2 unspecified atom stereocenters. The number of hydrogen-bond donors (Lipinski definition) is 2. The Balaban J connectivity index is 2.11. The molecule has 0 radical (unpaired) electrons. The van der Waals surface area contributed by atoms with E-state index in [-0.39, 0.29) is 10.9 Å². The first-order valence-electron chi connectivity index (χ1n) is 5.85. The second kappa shape index (κ2) is 4.66. The molecule has 0 bridgehead atoms. The lowest BCUT2D eigenvalue weighted by Gasteiger charge is -2.13. The fraction of sp³-hybridized carbons (Fsp3) is 0.500. The summed E-state index contributed by atoms with van der Waals surface area (Å²) in [6.45, 7) is 2.15. The van der Waals surface area contributed by atoms with Crippen LogP contribution in [-0.4, -0.2) is 14.5 Å². The normalized spacial score (nSPS) is 25.0. The Morgan fingerprint density at radius 2 is 1.88 bits per heavy atom. The van der Waals surface area contributed by atoms with Crippen molar-refractivity contribution in [2.45, 2.75) is 37.1 Å². The SMILES string of the molecule is CC1CCC(NS(=O)(=O)c2ccc(N)cc2)C1. The second-order valence-electron chi connectivity index (χ2n) is 4.81. The third kappa shape index (κ3) is 2.98. The molecule has 1 saturated carbocycles. The fourth-order valence-corrected chi connectivity index (χ4v) is 3.53. The number of nitrogens with two attached hydrogens (primary N) is 1. The maximum atomic E-state index is 12.1. The zero-order valence-electron chi connectivity index (χ0n) is 9.89. The van der Waals surface area contributed by atoms with Gasteiger partial charge in [-0.2, -0.15) is 0 Å². The highest BCUT2D eigenvalue weighted by Crippen LogP contribution is 2.26. The van der Waals surface area contributed by atoms with Crippen LogP contribution < -0.4 is 10.5 Å². The van der Waals surface area contributed by atoms with Gasteiger partial charge in [0.25, 0.3) is 0 Å². The molecule has 94 valence electrons. The van der Waals surface area contributed by atoms with Crippen molar-refractivity contribution < 1.29 is 8.42 Å². The van der Waals surface area contributed by atoms with Gasteiger partial charge in [0.05, 0.1) is 4.90 Å². The summed E-state index contributed by atoms with van der Waals surface area (Å²) in [6, 6.07) is 6.36. The molecule has 0 heterocycles. The first kappa shape index (κ1) is 12.4. The van der Waals surface area contributed by atoms with E-state index < -0.39 is 10.0 Å². The van der Waals surface area contributed by atoms with Gasteiger partial charge in [0.1, 0.15) is 0 Å². The summed E-state index contributed by atoms with van der Waals surface area (Å²) in [5, 5.41) is 0. The molecule has 1 aromatic carbocycles. The predicted molar refractivity (Wildman–Crippen MR) is 68.0 cm³/mol. The van der Waals surface area contributed by atoms with Gasteiger partial charge < -0.3 is 5.73 Å². The smallest absolute Gasteiger partial charge is 0.240 e. The van der Waals surface area contributed by atoms with Crippen molar-refractivity contribution in [3.8, 4) is 0 Å². The van der Waals surface area contributed by atoms with Crippen molar-refractivity contribution in [1.29, 1.82) is 0 Å². The maximum Gasteiger partial charge on any atom is 0.240 e. The minimum absolute atomic E-state index is 0.0764. The van der Waals surface area contributed by atoms with Crippen LogP contribution in [0.2, 0.25) is 0 Å². The third-order valence-electron chi connectivity index (χ3n) is 3.21. The van der Waals surface area contributed by atoms with Crippen LogP contribution in [0.3, 0.4) is 0 Å². The van der Waals surface area contributed by atoms with Crippen molar-refractivity contribution in [2.75, 3.05) is 5.73 Å². The van der Waals surface area contributed by atoms with Crippen LogP contribution in [-0.2, 0) is 10.0 Å². The highest BCUT2D eigenvalue weighted by atomic mass is 32.2. The van der Waals surface area contributed by atoms with Gasteiger partial charge >= 0.3 is 0 Å². The maximum absolute atomic E-state index is 12.1. The van der Waals surface area contributed by atoms with Crippen molar-refractivity contribution in [3.63, 3.8) is 0 Å². The molecule has 5 heteroatoms. The van der Waals surface area contributed by atoms with E-state index in [0.717, 1.165) is 19.3 Å². The van der Waals surface area contributed by atoms with E-state index in [9.17, 15) is 8.42 Å². The van der Waals surface area contributed by atoms with E-state index in [1.165, 1.54) is 12.1 Å². The monoisotopic (exact) mass is 254 g/mol. The minimum atomic E-state index is -3.39. The third-order valence-corrected chi connectivity index (χ3v) is 4.74. The summed E-state index contributed by atoms with van der Waals surface area (Å²) < 4.78 is 26.9. The van der Waals surface area contributed by atoms with Crippen molar-refractivity contribution in [3.05, 3.63) is 24.3 Å². The Hall–Kier alpha value is -1.07. The van der Waals surface area contributed by atoms with E-state index in [4.69, 9.17) is 5.73 Å². The molecule has 0 aromatic heterocycles. The van der Waals surface area contributed by atoms with E-state index in [0.29, 0.717) is 11.6 Å². The number of anilines is 1. The van der Waals surface area contributed by atoms with E-state index in [1.807, 2.05) is 0 Å². The van der Waals surface area contributed by atoms with Gasteiger partial charge in [-0.05, 0) is 49.4 Å². The Morgan fingerprint density at radius 1 is 1.24 bits per heavy atom. The van der Waals surface area contributed by atoms with Crippen LogP contribution in [0.1, 0.15) is 26.2 Å². The molecule has 1 aromatic rings. The van der Waals surface area contributed by atoms with Crippen LogP contribution in [0.5, 0.6) is 0 Å². The van der Waals surface area contributed by atoms with Gasteiger partial charge in [-0.15, -0.1) is 0 Å². The second-order valence-corrected chi connectivity index (χ2v) is 6.52. The number of rotatable bonds is 3. The fourth-order valence-electron chi connectivity index (χ4n) is 2.25. The van der Waals surface area contributed by atoms with Crippen LogP contribution in [0.4, 0.5) is 5.69 Å². The van der Waals surface area contributed by atoms with Crippen molar-refractivity contribution in [2.24, 2.45) is 5.92 Å². The summed E-state index contributed by atoms with van der Waals surface area (Å²) in [7, 11) is -3.39. The Morgan fingerprint density at radius 3 is 2.41 bits per heavy atom. The van der Waals surface area contributed by atoms with E-state index in [1.54, 1.807) is 12.1 Å². The largest absolute Gasteiger partial charge is 0.399 e. The van der Waals surface area contributed by atoms with Gasteiger partial charge in [-0.25, -0.2) is 13.1 Å². The quantitative estimate of drug-likeness (QED) is 0.807. The molecular formula is C12H18N2O2S. The lowest BCUT2D eigenvalue weighted by molar-refractivity contribution is 0.538. The van der Waals surface area contributed by atoms with Crippen LogP contribution in [0.15, 0.2) is 29.2 Å². The number of benzene rings is 1. The molecule has 4 nitrogen and oxygen atoms in total. The standard InChI is InChI=1S/C12H18N2O2S/c1-9-2-5-11(8-9)14-17(15,16)12-6-3-10(13)4-7-12/h3-4,6-7,9,11,14H,2,5,8,13H2,1H3. The Labute approximate surface area is 102 Å². The van der Waals surface area contributed by atoms with Crippen LogP contribution in [0.25, 0.3) is 0 Å². The molecule has 1 fully saturated rings. The van der Waals surface area contributed by atoms with Crippen LogP contribution >= 0.6 is 0 Å². The topological polar surface area (TPSA) is 72.2 Å². The van der Waals surface area contributed by atoms with Gasteiger partial charge in [-0.3, -0.25) is 0 Å². The molecule has 0 amide bonds. The van der Waals surface area contributed by atoms with Crippen LogP contribution in [0, 0.1) is 5.92 Å². The highest BCUT2D eigenvalue weighted by Gasteiger charge is 2.26. The first-order valence-corrected chi connectivity index (χ1v) is 7.33. The summed E-state index contributed by atoms with van der Waals surface area (Å²) >= 11 is 0. The molecule has 2 rings (SSSR count). The molecule has 0 saturated heterocycles. The summed E-state index contributed by atoms with van der Waals surface area (Å²) in [6.07, 6.45) is 2.94. The zero-order valence-corrected chi connectivity index (χ0v) is 10.7. The average Bonchev–Trinajstić information content (AvgIpc) is 2.63. The molecule has 1 aliphatic rings. The number of hydrogen-bond acceptors (Lipinski definition) is 3. The first-order chi connectivity index (χ1) is 7.97.